The average Bonchev–Trinajstić information content (AvgIpc) is 2.87. The molecule has 4 heteroatoms. The van der Waals surface area contributed by atoms with Gasteiger partial charge in [-0.05, 0) is 41.6 Å². The number of fused-ring (bicyclic) bond motifs is 1. The molecule has 0 saturated heterocycles. The summed E-state index contributed by atoms with van der Waals surface area (Å²) in [7, 11) is 0. The molecule has 0 unspecified atom stereocenters. The Morgan fingerprint density at radius 1 is 1.18 bits per heavy atom. The van der Waals surface area contributed by atoms with Gasteiger partial charge in [0, 0.05) is 10.4 Å². The van der Waals surface area contributed by atoms with Crippen LogP contribution in [0.5, 0.6) is 0 Å². The first-order chi connectivity index (χ1) is 10.7. The second kappa shape index (κ2) is 6.28. The molecule has 0 aliphatic rings. The van der Waals surface area contributed by atoms with Crippen LogP contribution in [-0.2, 0) is 6.42 Å². The van der Waals surface area contributed by atoms with Crippen LogP contribution in [0.3, 0.4) is 0 Å². The smallest absolute Gasteiger partial charge is 0.266 e. The second-order valence-corrected chi connectivity index (χ2v) is 6.17. The van der Waals surface area contributed by atoms with E-state index in [-0.39, 0.29) is 11.7 Å². The molecule has 2 aromatic carbocycles. The Labute approximate surface area is 132 Å². The molecular weight excluding hydrogens is 297 g/mol. The van der Waals surface area contributed by atoms with Crippen molar-refractivity contribution < 1.29 is 9.18 Å². The highest BCUT2D eigenvalue weighted by molar-refractivity contribution is 7.21. The van der Waals surface area contributed by atoms with E-state index in [9.17, 15) is 9.18 Å². The number of nitrogens with one attached hydrogen (secondary N) is 1. The summed E-state index contributed by atoms with van der Waals surface area (Å²) in [5.41, 5.74) is 1.56. The van der Waals surface area contributed by atoms with Crippen LogP contribution in [0, 0.1) is 5.82 Å². The molecule has 1 N–H and O–H groups in total. The van der Waals surface area contributed by atoms with Gasteiger partial charge in [-0.3, -0.25) is 4.79 Å². The molecule has 1 aromatic heterocycles. The van der Waals surface area contributed by atoms with Crippen molar-refractivity contribution in [2.75, 3.05) is 5.32 Å². The number of benzene rings is 2. The molecule has 0 bridgehead atoms. The molecule has 1 amide bonds. The van der Waals surface area contributed by atoms with Gasteiger partial charge in [0.2, 0.25) is 0 Å². The highest BCUT2D eigenvalue weighted by Crippen LogP contribution is 2.32. The number of hydrogen-bond acceptors (Lipinski definition) is 2. The summed E-state index contributed by atoms with van der Waals surface area (Å²) in [5.74, 6) is -0.529. The van der Waals surface area contributed by atoms with Gasteiger partial charge in [-0.15, -0.1) is 11.3 Å². The van der Waals surface area contributed by atoms with Gasteiger partial charge in [-0.2, -0.15) is 0 Å². The fourth-order valence-corrected chi connectivity index (χ4v) is 3.68. The number of thiophene rings is 1. The van der Waals surface area contributed by atoms with Crippen LogP contribution in [0.4, 0.5) is 10.1 Å². The number of anilines is 1. The summed E-state index contributed by atoms with van der Waals surface area (Å²) in [4.78, 5) is 13.3. The van der Waals surface area contributed by atoms with Crippen molar-refractivity contribution in [3.05, 3.63) is 64.8 Å². The predicted octanol–water partition coefficient (Wildman–Crippen LogP) is 5.25. The third-order valence-electron chi connectivity index (χ3n) is 3.49. The van der Waals surface area contributed by atoms with Gasteiger partial charge in [0.1, 0.15) is 5.82 Å². The van der Waals surface area contributed by atoms with Crippen LogP contribution in [-0.4, -0.2) is 5.91 Å². The Hall–Kier alpha value is -2.20. The zero-order valence-electron chi connectivity index (χ0n) is 12.2. The summed E-state index contributed by atoms with van der Waals surface area (Å²) < 4.78 is 14.3. The zero-order chi connectivity index (χ0) is 15.5. The SMILES string of the molecule is CCCc1c(C(=O)Nc2cccc(F)c2)sc2ccccc12. The molecule has 2 nitrogen and oxygen atoms in total. The van der Waals surface area contributed by atoms with Gasteiger partial charge < -0.3 is 5.32 Å². The number of carbonyl (C=O) groups is 1. The molecule has 22 heavy (non-hydrogen) atoms. The Bertz CT molecular complexity index is 825. The van der Waals surface area contributed by atoms with E-state index in [1.807, 2.05) is 18.2 Å². The highest BCUT2D eigenvalue weighted by Gasteiger charge is 2.17. The predicted molar refractivity (Wildman–Crippen MR) is 90.2 cm³/mol. The molecule has 0 radical (unpaired) electrons. The van der Waals surface area contributed by atoms with E-state index in [2.05, 4.69) is 18.3 Å². The van der Waals surface area contributed by atoms with E-state index < -0.39 is 0 Å². The van der Waals surface area contributed by atoms with Crippen molar-refractivity contribution >= 4 is 33.0 Å². The first-order valence-corrected chi connectivity index (χ1v) is 8.08. The summed E-state index contributed by atoms with van der Waals surface area (Å²) in [5, 5.41) is 3.93. The summed E-state index contributed by atoms with van der Waals surface area (Å²) >= 11 is 1.49. The van der Waals surface area contributed by atoms with Gasteiger partial charge in [-0.25, -0.2) is 4.39 Å². The lowest BCUT2D eigenvalue weighted by Gasteiger charge is -2.06. The van der Waals surface area contributed by atoms with Crippen molar-refractivity contribution in [1.82, 2.24) is 0 Å². The third-order valence-corrected chi connectivity index (χ3v) is 4.70. The van der Waals surface area contributed by atoms with E-state index in [0.717, 1.165) is 28.5 Å². The maximum absolute atomic E-state index is 13.2. The maximum atomic E-state index is 13.2. The number of rotatable bonds is 4. The van der Waals surface area contributed by atoms with Gasteiger partial charge in [0.15, 0.2) is 0 Å². The monoisotopic (exact) mass is 313 g/mol. The number of hydrogen-bond donors (Lipinski definition) is 1. The average molecular weight is 313 g/mol. The molecule has 0 atom stereocenters. The molecule has 112 valence electrons. The minimum atomic E-state index is -0.358. The summed E-state index contributed by atoms with van der Waals surface area (Å²) in [6.45, 7) is 2.10. The Kier molecular flexibility index (Phi) is 4.20. The number of halogens is 1. The fourth-order valence-electron chi connectivity index (χ4n) is 2.53. The quantitative estimate of drug-likeness (QED) is 0.700. The highest BCUT2D eigenvalue weighted by atomic mass is 32.1. The first kappa shape index (κ1) is 14.7. The molecule has 0 fully saturated rings. The van der Waals surface area contributed by atoms with E-state index >= 15 is 0 Å². The lowest BCUT2D eigenvalue weighted by atomic mass is 10.1. The standard InChI is InChI=1S/C18H16FNOS/c1-2-6-15-14-9-3-4-10-16(14)22-17(15)18(21)20-13-8-5-7-12(19)11-13/h3-5,7-11H,2,6H2,1H3,(H,20,21). The van der Waals surface area contributed by atoms with Gasteiger partial charge >= 0.3 is 0 Å². The van der Waals surface area contributed by atoms with Crippen molar-refractivity contribution in [2.45, 2.75) is 19.8 Å². The normalized spacial score (nSPS) is 10.8. The van der Waals surface area contributed by atoms with Crippen LogP contribution in [0.2, 0.25) is 0 Å². The number of carbonyl (C=O) groups excluding carboxylic acids is 1. The number of amides is 1. The summed E-state index contributed by atoms with van der Waals surface area (Å²) in [6.07, 6.45) is 1.83. The molecule has 0 saturated carbocycles. The number of aryl methyl sites for hydroxylation is 1. The summed E-state index contributed by atoms with van der Waals surface area (Å²) in [6, 6.07) is 14.0. The minimum absolute atomic E-state index is 0.171. The van der Waals surface area contributed by atoms with Crippen LogP contribution in [0.1, 0.15) is 28.6 Å². The molecule has 3 aromatic rings. The zero-order valence-corrected chi connectivity index (χ0v) is 13.0. The van der Waals surface area contributed by atoms with Crippen LogP contribution in [0.25, 0.3) is 10.1 Å². The van der Waals surface area contributed by atoms with Crippen molar-refractivity contribution in [1.29, 1.82) is 0 Å². The largest absolute Gasteiger partial charge is 0.321 e. The van der Waals surface area contributed by atoms with Gasteiger partial charge in [-0.1, -0.05) is 37.6 Å². The van der Waals surface area contributed by atoms with Crippen LogP contribution >= 0.6 is 11.3 Å². The lowest BCUT2D eigenvalue weighted by molar-refractivity contribution is 0.103. The topological polar surface area (TPSA) is 29.1 Å². The molecular formula is C18H16FNOS. The molecule has 0 aliphatic heterocycles. The fraction of sp³-hybridized carbons (Fsp3) is 0.167. The second-order valence-electron chi connectivity index (χ2n) is 5.12. The third kappa shape index (κ3) is 2.88. The molecule has 1 heterocycles. The van der Waals surface area contributed by atoms with Crippen molar-refractivity contribution in [3.8, 4) is 0 Å². The Morgan fingerprint density at radius 2 is 2.00 bits per heavy atom. The van der Waals surface area contributed by atoms with E-state index in [4.69, 9.17) is 0 Å². The van der Waals surface area contributed by atoms with E-state index in [1.54, 1.807) is 12.1 Å². The molecule has 3 rings (SSSR count). The van der Waals surface area contributed by atoms with Crippen LogP contribution in [0.15, 0.2) is 48.5 Å². The molecule has 0 aliphatic carbocycles. The lowest BCUT2D eigenvalue weighted by Crippen LogP contribution is -2.12. The van der Waals surface area contributed by atoms with Crippen molar-refractivity contribution in [3.63, 3.8) is 0 Å². The first-order valence-electron chi connectivity index (χ1n) is 7.26. The van der Waals surface area contributed by atoms with Gasteiger partial charge in [0.25, 0.3) is 5.91 Å². The van der Waals surface area contributed by atoms with Crippen LogP contribution < -0.4 is 5.32 Å². The Morgan fingerprint density at radius 3 is 2.77 bits per heavy atom. The Balaban J connectivity index is 1.98. The maximum Gasteiger partial charge on any atom is 0.266 e. The van der Waals surface area contributed by atoms with E-state index in [0.29, 0.717) is 10.6 Å². The van der Waals surface area contributed by atoms with Gasteiger partial charge in [0.05, 0.1) is 4.88 Å². The van der Waals surface area contributed by atoms with E-state index in [1.165, 1.54) is 23.5 Å². The minimum Gasteiger partial charge on any atom is -0.321 e. The molecule has 0 spiro atoms. The van der Waals surface area contributed by atoms with Crippen molar-refractivity contribution in [2.24, 2.45) is 0 Å².